The number of hydrogen-bond acceptors (Lipinski definition) is 8. The number of nitrogens with zero attached hydrogens (tertiary/aromatic N) is 4. The Labute approximate surface area is 237 Å². The van der Waals surface area contributed by atoms with Crippen molar-refractivity contribution >= 4 is 34.7 Å². The molecule has 0 fully saturated rings. The fraction of sp³-hybridized carbons (Fsp3) is 0.103. The number of carbonyl (C=O) groups excluding carboxylic acids is 1. The molecule has 0 spiro atoms. The summed E-state index contributed by atoms with van der Waals surface area (Å²) in [6, 6.07) is 16.6. The van der Waals surface area contributed by atoms with Crippen LogP contribution in [0.15, 0.2) is 85.5 Å². The molecule has 0 radical (unpaired) electrons. The summed E-state index contributed by atoms with van der Waals surface area (Å²) in [5, 5.41) is 9.12. The fourth-order valence-electron chi connectivity index (χ4n) is 4.25. The van der Waals surface area contributed by atoms with Crippen LogP contribution in [-0.4, -0.2) is 32.2 Å². The summed E-state index contributed by atoms with van der Waals surface area (Å²) in [7, 11) is 0. The number of carbonyl (C=O) groups is 1. The van der Waals surface area contributed by atoms with E-state index in [9.17, 15) is 18.0 Å². The van der Waals surface area contributed by atoms with Gasteiger partial charge in [-0.2, -0.15) is 13.2 Å². The molecule has 1 aliphatic heterocycles. The van der Waals surface area contributed by atoms with E-state index in [0.29, 0.717) is 40.5 Å². The molecular weight excluding hydrogens is 551 g/mol. The summed E-state index contributed by atoms with van der Waals surface area (Å²) in [4.78, 5) is 25.8. The normalized spacial score (nSPS) is 12.2. The first-order valence-corrected chi connectivity index (χ1v) is 12.6. The summed E-state index contributed by atoms with van der Waals surface area (Å²) < 4.78 is 51.8. The quantitative estimate of drug-likeness (QED) is 0.203. The Hall–Kier alpha value is -5.59. The van der Waals surface area contributed by atoms with Gasteiger partial charge in [-0.1, -0.05) is 12.1 Å². The van der Waals surface area contributed by atoms with Gasteiger partial charge in [-0.3, -0.25) is 9.36 Å². The van der Waals surface area contributed by atoms with Gasteiger partial charge in [0.25, 0.3) is 5.91 Å². The van der Waals surface area contributed by atoms with Crippen molar-refractivity contribution < 1.29 is 27.4 Å². The van der Waals surface area contributed by atoms with E-state index in [-0.39, 0.29) is 12.4 Å². The van der Waals surface area contributed by atoms with Gasteiger partial charge in [-0.25, -0.2) is 15.0 Å². The highest BCUT2D eigenvalue weighted by Gasteiger charge is 2.31. The third kappa shape index (κ3) is 5.66. The second-order valence-electron chi connectivity index (χ2n) is 9.26. The van der Waals surface area contributed by atoms with Gasteiger partial charge in [0.05, 0.1) is 5.56 Å². The van der Waals surface area contributed by atoms with E-state index < -0.39 is 17.6 Å². The van der Waals surface area contributed by atoms with Gasteiger partial charge in [-0.15, -0.1) is 0 Å². The Kier molecular flexibility index (Phi) is 6.82. The molecule has 3 heterocycles. The van der Waals surface area contributed by atoms with Crippen LogP contribution in [0.4, 0.5) is 42.0 Å². The molecule has 1 amide bonds. The zero-order chi connectivity index (χ0) is 29.3. The smallest absolute Gasteiger partial charge is 0.416 e. The van der Waals surface area contributed by atoms with Crippen LogP contribution in [0.25, 0.3) is 5.82 Å². The van der Waals surface area contributed by atoms with Crippen molar-refractivity contribution in [1.82, 2.24) is 19.5 Å². The Morgan fingerprint density at radius 1 is 0.905 bits per heavy atom. The molecule has 3 aromatic carbocycles. The van der Waals surface area contributed by atoms with Crippen LogP contribution in [0.3, 0.4) is 0 Å². The average molecular weight is 574 g/mol. The molecule has 2 aromatic heterocycles. The molecule has 5 aromatic rings. The second kappa shape index (κ2) is 10.8. The highest BCUT2D eigenvalue weighted by atomic mass is 19.4. The number of aryl methyl sites for hydroxylation is 1. The number of amides is 1. The van der Waals surface area contributed by atoms with Crippen LogP contribution < -0.4 is 25.4 Å². The number of hydrogen-bond donors (Lipinski definition) is 3. The molecule has 1 aliphatic rings. The molecule has 0 saturated heterocycles. The number of anilines is 5. The maximum Gasteiger partial charge on any atom is 0.416 e. The first-order valence-electron chi connectivity index (χ1n) is 12.6. The molecule has 3 N–H and O–H groups in total. The van der Waals surface area contributed by atoms with E-state index in [1.807, 2.05) is 25.1 Å². The summed E-state index contributed by atoms with van der Waals surface area (Å²) in [6.45, 7) is 2.05. The molecule has 0 atom stereocenters. The minimum absolute atomic E-state index is 0.107. The highest BCUT2D eigenvalue weighted by Crippen LogP contribution is 2.35. The number of fused-ring (bicyclic) bond motifs is 1. The Morgan fingerprint density at radius 2 is 1.74 bits per heavy atom. The summed E-state index contributed by atoms with van der Waals surface area (Å²) in [5.74, 6) is 2.15. The van der Waals surface area contributed by atoms with E-state index >= 15 is 0 Å². The molecule has 0 bridgehead atoms. The van der Waals surface area contributed by atoms with Gasteiger partial charge < -0.3 is 25.4 Å². The van der Waals surface area contributed by atoms with Crippen molar-refractivity contribution in [2.45, 2.75) is 13.1 Å². The number of nitrogens with one attached hydrogen (secondary N) is 3. The lowest BCUT2D eigenvalue weighted by molar-refractivity contribution is -0.137. The fourth-order valence-corrected chi connectivity index (χ4v) is 4.25. The molecule has 212 valence electrons. The van der Waals surface area contributed by atoms with Crippen molar-refractivity contribution in [3.05, 3.63) is 102 Å². The molecule has 42 heavy (non-hydrogen) atoms. The first kappa shape index (κ1) is 26.6. The number of aromatic nitrogens is 4. The largest absolute Gasteiger partial charge is 0.454 e. The Bertz CT molecular complexity index is 1790. The van der Waals surface area contributed by atoms with Gasteiger partial charge >= 0.3 is 6.18 Å². The van der Waals surface area contributed by atoms with Crippen molar-refractivity contribution in [3.63, 3.8) is 0 Å². The molecule has 6 rings (SSSR count). The van der Waals surface area contributed by atoms with Gasteiger partial charge in [0.1, 0.15) is 18.0 Å². The van der Waals surface area contributed by atoms with Crippen LogP contribution in [0.2, 0.25) is 0 Å². The first-order chi connectivity index (χ1) is 20.2. The molecule has 10 nitrogen and oxygen atoms in total. The third-order valence-corrected chi connectivity index (χ3v) is 6.38. The molecular formula is C29H22F3N7O3. The Morgan fingerprint density at radius 3 is 2.60 bits per heavy atom. The van der Waals surface area contributed by atoms with E-state index in [2.05, 4.69) is 30.9 Å². The maximum absolute atomic E-state index is 13.1. The molecule has 0 aliphatic carbocycles. The van der Waals surface area contributed by atoms with Crippen molar-refractivity contribution in [2.75, 3.05) is 22.7 Å². The summed E-state index contributed by atoms with van der Waals surface area (Å²) >= 11 is 0. The van der Waals surface area contributed by atoms with E-state index in [4.69, 9.17) is 9.47 Å². The van der Waals surface area contributed by atoms with Crippen LogP contribution in [0.1, 0.15) is 21.5 Å². The lowest BCUT2D eigenvalue weighted by atomic mass is 10.1. The van der Waals surface area contributed by atoms with Crippen molar-refractivity contribution in [3.8, 4) is 17.3 Å². The zero-order valence-electron chi connectivity index (χ0n) is 21.9. The standard InChI is InChI=1S/C29H22F3N7O3/c1-17-5-6-20(37-27(40)18-3-2-4-19(11-18)29(30,31)32)12-22(17)38-28-33-9-10-39(28)26-14-25(34-15-35-26)36-21-7-8-23-24(13-21)42-16-41-23/h2-15H,16H2,1H3,(H,33,38)(H,37,40)(H,34,35,36). The average Bonchev–Trinajstić information content (AvgIpc) is 3.64. The maximum atomic E-state index is 13.1. The van der Waals surface area contributed by atoms with E-state index in [1.54, 1.807) is 41.2 Å². The second-order valence-corrected chi connectivity index (χ2v) is 9.26. The topological polar surface area (TPSA) is 115 Å². The summed E-state index contributed by atoms with van der Waals surface area (Å²) in [5.41, 5.74) is 1.61. The van der Waals surface area contributed by atoms with Crippen LogP contribution >= 0.6 is 0 Å². The third-order valence-electron chi connectivity index (χ3n) is 6.38. The van der Waals surface area contributed by atoms with Gasteiger partial charge in [0.2, 0.25) is 12.7 Å². The van der Waals surface area contributed by atoms with Crippen LogP contribution in [0.5, 0.6) is 11.5 Å². The summed E-state index contributed by atoms with van der Waals surface area (Å²) in [6.07, 6.45) is 0.197. The lowest BCUT2D eigenvalue weighted by Crippen LogP contribution is -2.14. The Balaban J connectivity index is 1.19. The number of halogens is 3. The van der Waals surface area contributed by atoms with E-state index in [1.165, 1.54) is 18.5 Å². The predicted molar refractivity (Wildman–Crippen MR) is 149 cm³/mol. The van der Waals surface area contributed by atoms with Crippen LogP contribution in [0, 0.1) is 6.92 Å². The van der Waals surface area contributed by atoms with Crippen molar-refractivity contribution in [2.24, 2.45) is 0 Å². The predicted octanol–water partition coefficient (Wildman–Crippen LogP) is 6.46. The number of rotatable bonds is 7. The number of ether oxygens (including phenoxy) is 2. The lowest BCUT2D eigenvalue weighted by Gasteiger charge is -2.14. The highest BCUT2D eigenvalue weighted by molar-refractivity contribution is 6.04. The van der Waals surface area contributed by atoms with E-state index in [0.717, 1.165) is 23.4 Å². The van der Waals surface area contributed by atoms with Crippen LogP contribution in [-0.2, 0) is 6.18 Å². The SMILES string of the molecule is Cc1ccc(NC(=O)c2cccc(C(F)(F)F)c2)cc1Nc1nccn1-c1cc(Nc2ccc3c(c2)OCO3)ncn1. The molecule has 13 heteroatoms. The minimum Gasteiger partial charge on any atom is -0.454 e. The molecule has 0 unspecified atom stereocenters. The van der Waals surface area contributed by atoms with Gasteiger partial charge in [-0.05, 0) is 55.0 Å². The number of benzene rings is 3. The van der Waals surface area contributed by atoms with Gasteiger partial charge in [0, 0.05) is 47.2 Å². The van der Waals surface area contributed by atoms with Crippen molar-refractivity contribution in [1.29, 1.82) is 0 Å². The number of imidazole rings is 1. The van der Waals surface area contributed by atoms with Gasteiger partial charge in [0.15, 0.2) is 11.5 Å². The molecule has 0 saturated carbocycles. The number of alkyl halides is 3. The minimum atomic E-state index is -4.55. The monoisotopic (exact) mass is 573 g/mol. The zero-order valence-corrected chi connectivity index (χ0v) is 21.9.